The smallest absolute Gasteiger partial charge is 0.224 e. The molecular weight excluding hydrogens is 308 g/mol. The van der Waals surface area contributed by atoms with Crippen molar-refractivity contribution in [1.29, 1.82) is 0 Å². The molecule has 0 aliphatic carbocycles. The number of aromatic amines is 1. The number of benzene rings is 1. The molecule has 0 spiro atoms. The van der Waals surface area contributed by atoms with Crippen LogP contribution in [0.4, 0.5) is 0 Å². The van der Waals surface area contributed by atoms with Crippen LogP contribution in [0.3, 0.4) is 0 Å². The molecule has 1 fully saturated rings. The number of amides is 1. The lowest BCUT2D eigenvalue weighted by atomic mass is 10.1. The van der Waals surface area contributed by atoms with Gasteiger partial charge >= 0.3 is 0 Å². The van der Waals surface area contributed by atoms with E-state index in [4.69, 9.17) is 9.47 Å². The topological polar surface area (TPSA) is 79.5 Å². The maximum Gasteiger partial charge on any atom is 0.224 e. The van der Waals surface area contributed by atoms with Gasteiger partial charge in [0.15, 0.2) is 0 Å². The molecule has 130 valence electrons. The van der Waals surface area contributed by atoms with Gasteiger partial charge in [-0.2, -0.15) is 0 Å². The fraction of sp³-hybridized carbons (Fsp3) is 0.529. The van der Waals surface area contributed by atoms with Crippen LogP contribution in [0, 0.1) is 5.92 Å². The molecule has 1 atom stereocenters. The Morgan fingerprint density at radius 2 is 2.33 bits per heavy atom. The minimum atomic E-state index is 0.0475. The van der Waals surface area contributed by atoms with E-state index in [-0.39, 0.29) is 11.8 Å². The average molecular weight is 332 g/mol. The van der Waals surface area contributed by atoms with Crippen molar-refractivity contribution in [1.82, 2.24) is 20.2 Å². The molecule has 1 aromatic carbocycles. The zero-order valence-electron chi connectivity index (χ0n) is 14.2. The number of aromatic nitrogens is 2. The van der Waals surface area contributed by atoms with Crippen LogP contribution >= 0.6 is 0 Å². The van der Waals surface area contributed by atoms with Crippen molar-refractivity contribution in [3.8, 4) is 5.75 Å². The van der Waals surface area contributed by atoms with Crippen LogP contribution in [0.1, 0.15) is 12.2 Å². The molecule has 2 heterocycles. The SMILES string of the molecule is COCCN1CC[C@@H](C(=O)NCc2nc3ccc(OC)cc3[nH]2)C1. The van der Waals surface area contributed by atoms with Crippen molar-refractivity contribution in [2.45, 2.75) is 13.0 Å². The first-order chi connectivity index (χ1) is 11.7. The van der Waals surface area contributed by atoms with E-state index in [0.29, 0.717) is 13.2 Å². The fourth-order valence-electron chi connectivity index (χ4n) is 3.04. The summed E-state index contributed by atoms with van der Waals surface area (Å²) in [4.78, 5) is 22.3. The van der Waals surface area contributed by atoms with Crippen LogP contribution in [0.15, 0.2) is 18.2 Å². The molecule has 1 aromatic heterocycles. The van der Waals surface area contributed by atoms with Crippen molar-refractivity contribution in [3.63, 3.8) is 0 Å². The maximum atomic E-state index is 12.3. The molecule has 2 aromatic rings. The lowest BCUT2D eigenvalue weighted by Gasteiger charge is -2.14. The van der Waals surface area contributed by atoms with Crippen LogP contribution in [0.5, 0.6) is 5.75 Å². The van der Waals surface area contributed by atoms with Gasteiger partial charge in [0, 0.05) is 26.3 Å². The number of H-pyrrole nitrogens is 1. The van der Waals surface area contributed by atoms with Crippen molar-refractivity contribution >= 4 is 16.9 Å². The highest BCUT2D eigenvalue weighted by atomic mass is 16.5. The monoisotopic (exact) mass is 332 g/mol. The summed E-state index contributed by atoms with van der Waals surface area (Å²) < 4.78 is 10.3. The van der Waals surface area contributed by atoms with Crippen LogP contribution in [0.25, 0.3) is 11.0 Å². The van der Waals surface area contributed by atoms with Gasteiger partial charge in [0.05, 0.1) is 37.2 Å². The summed E-state index contributed by atoms with van der Waals surface area (Å²) in [6.45, 7) is 3.74. The van der Waals surface area contributed by atoms with Crippen molar-refractivity contribution in [2.75, 3.05) is 40.5 Å². The molecule has 7 heteroatoms. The number of nitrogens with zero attached hydrogens (tertiary/aromatic N) is 2. The van der Waals surface area contributed by atoms with Gasteiger partial charge in [0.1, 0.15) is 11.6 Å². The summed E-state index contributed by atoms with van der Waals surface area (Å²) >= 11 is 0. The van der Waals surface area contributed by atoms with Gasteiger partial charge in [-0.3, -0.25) is 4.79 Å². The molecule has 0 unspecified atom stereocenters. The normalized spacial score (nSPS) is 18.2. The molecule has 7 nitrogen and oxygen atoms in total. The molecule has 0 bridgehead atoms. The molecule has 2 N–H and O–H groups in total. The second-order valence-electron chi connectivity index (χ2n) is 6.06. The van der Waals surface area contributed by atoms with Crippen molar-refractivity contribution < 1.29 is 14.3 Å². The summed E-state index contributed by atoms with van der Waals surface area (Å²) in [5.41, 5.74) is 1.77. The third-order valence-corrected chi connectivity index (χ3v) is 4.42. The van der Waals surface area contributed by atoms with Gasteiger partial charge in [-0.15, -0.1) is 0 Å². The highest BCUT2D eigenvalue weighted by Gasteiger charge is 2.27. The maximum absolute atomic E-state index is 12.3. The number of ether oxygens (including phenoxy) is 2. The van der Waals surface area contributed by atoms with Gasteiger partial charge in [0.2, 0.25) is 5.91 Å². The Labute approximate surface area is 141 Å². The lowest BCUT2D eigenvalue weighted by Crippen LogP contribution is -2.33. The number of methoxy groups -OCH3 is 2. The van der Waals surface area contributed by atoms with Crippen molar-refractivity contribution in [3.05, 3.63) is 24.0 Å². The molecule has 1 aliphatic rings. The fourth-order valence-corrected chi connectivity index (χ4v) is 3.04. The van der Waals surface area contributed by atoms with Crippen molar-refractivity contribution in [2.24, 2.45) is 5.92 Å². The van der Waals surface area contributed by atoms with Gasteiger partial charge < -0.3 is 24.7 Å². The largest absolute Gasteiger partial charge is 0.497 e. The first-order valence-electron chi connectivity index (χ1n) is 8.21. The Bertz CT molecular complexity index is 700. The molecule has 3 rings (SSSR count). The van der Waals surface area contributed by atoms with E-state index in [1.54, 1.807) is 14.2 Å². The second-order valence-corrected chi connectivity index (χ2v) is 6.06. The quantitative estimate of drug-likeness (QED) is 0.795. The van der Waals surface area contributed by atoms with E-state index < -0.39 is 0 Å². The Kier molecular flexibility index (Phi) is 5.32. The average Bonchev–Trinajstić information content (AvgIpc) is 3.23. The van der Waals surface area contributed by atoms with Crippen LogP contribution in [-0.4, -0.2) is 61.2 Å². The summed E-state index contributed by atoms with van der Waals surface area (Å²) in [6.07, 6.45) is 0.896. The van der Waals surface area contributed by atoms with Gasteiger partial charge in [0.25, 0.3) is 0 Å². The molecule has 0 saturated carbocycles. The predicted octanol–water partition coefficient (Wildman–Crippen LogP) is 1.16. The molecule has 0 radical (unpaired) electrons. The summed E-state index contributed by atoms with van der Waals surface area (Å²) in [5, 5.41) is 2.99. The standard InChI is InChI=1S/C17H24N4O3/c1-23-8-7-21-6-5-12(11-21)17(22)18-10-16-19-14-4-3-13(24-2)9-15(14)20-16/h3-4,9,12H,5-8,10-11H2,1-2H3,(H,18,22)(H,19,20)/t12-/m1/s1. The predicted molar refractivity (Wildman–Crippen MR) is 90.9 cm³/mol. The third kappa shape index (κ3) is 3.85. The highest BCUT2D eigenvalue weighted by molar-refractivity contribution is 5.79. The van der Waals surface area contributed by atoms with Gasteiger partial charge in [-0.1, -0.05) is 0 Å². The van der Waals surface area contributed by atoms with E-state index in [1.165, 1.54) is 0 Å². The van der Waals surface area contributed by atoms with E-state index in [1.807, 2.05) is 18.2 Å². The van der Waals surface area contributed by atoms with E-state index >= 15 is 0 Å². The number of fused-ring (bicyclic) bond motifs is 1. The number of carbonyl (C=O) groups excluding carboxylic acids is 1. The molecule has 1 amide bonds. The highest BCUT2D eigenvalue weighted by Crippen LogP contribution is 2.19. The molecule has 1 aliphatic heterocycles. The number of imidazole rings is 1. The summed E-state index contributed by atoms with van der Waals surface area (Å²) in [5.74, 6) is 1.67. The molecule has 24 heavy (non-hydrogen) atoms. The van der Waals surface area contributed by atoms with Crippen LogP contribution in [0.2, 0.25) is 0 Å². The third-order valence-electron chi connectivity index (χ3n) is 4.42. The second kappa shape index (κ2) is 7.63. The number of hydrogen-bond donors (Lipinski definition) is 2. The first kappa shape index (κ1) is 16.7. The Morgan fingerprint density at radius 3 is 3.12 bits per heavy atom. The van der Waals surface area contributed by atoms with Crippen LogP contribution < -0.4 is 10.1 Å². The van der Waals surface area contributed by atoms with Gasteiger partial charge in [-0.25, -0.2) is 4.98 Å². The molecular formula is C17H24N4O3. The Balaban J connectivity index is 1.53. The summed E-state index contributed by atoms with van der Waals surface area (Å²) in [6, 6.07) is 5.68. The number of likely N-dealkylation sites (tertiary alicyclic amines) is 1. The Morgan fingerprint density at radius 1 is 1.46 bits per heavy atom. The Hall–Kier alpha value is -2.12. The number of rotatable bonds is 7. The summed E-state index contributed by atoms with van der Waals surface area (Å²) in [7, 11) is 3.33. The molecule has 1 saturated heterocycles. The van der Waals surface area contributed by atoms with E-state index in [2.05, 4.69) is 20.2 Å². The lowest BCUT2D eigenvalue weighted by molar-refractivity contribution is -0.124. The first-order valence-corrected chi connectivity index (χ1v) is 8.21. The van der Waals surface area contributed by atoms with Gasteiger partial charge in [-0.05, 0) is 25.1 Å². The minimum absolute atomic E-state index is 0.0475. The van der Waals surface area contributed by atoms with E-state index in [0.717, 1.165) is 48.7 Å². The number of nitrogens with one attached hydrogen (secondary N) is 2. The number of hydrogen-bond acceptors (Lipinski definition) is 5. The number of carbonyl (C=O) groups is 1. The van der Waals surface area contributed by atoms with Crippen LogP contribution in [-0.2, 0) is 16.1 Å². The minimum Gasteiger partial charge on any atom is -0.497 e. The zero-order valence-corrected chi connectivity index (χ0v) is 14.2. The van der Waals surface area contributed by atoms with E-state index in [9.17, 15) is 4.79 Å². The zero-order chi connectivity index (χ0) is 16.9.